The molecule has 1 heterocycles. The summed E-state index contributed by atoms with van der Waals surface area (Å²) in [5, 5.41) is 2.88. The number of nitrogens with one attached hydrogen (secondary N) is 1. The molecule has 0 aliphatic rings. The van der Waals surface area contributed by atoms with Crippen molar-refractivity contribution >= 4 is 0 Å². The number of nitrogens with two attached hydrogens (primary N) is 1. The molecule has 13 heavy (non-hydrogen) atoms. The van der Waals surface area contributed by atoms with Gasteiger partial charge in [-0.25, -0.2) is 9.37 Å². The smallest absolute Gasteiger partial charge is 0.215 e. The van der Waals surface area contributed by atoms with Gasteiger partial charge in [0, 0.05) is 37.5 Å². The Labute approximate surface area is 75.0 Å². The second-order valence-corrected chi connectivity index (χ2v) is 2.56. The van der Waals surface area contributed by atoms with Crippen LogP contribution in [-0.2, 0) is 6.54 Å². The van der Waals surface area contributed by atoms with Crippen LogP contribution in [0.3, 0.4) is 0 Å². The molecule has 3 N–H and O–H groups in total. The molecular weight excluding hydrogens is 176 g/mol. The van der Waals surface area contributed by atoms with Crippen LogP contribution in [0.4, 0.5) is 8.78 Å². The van der Waals surface area contributed by atoms with E-state index in [9.17, 15) is 8.78 Å². The lowest BCUT2D eigenvalue weighted by atomic mass is 10.2. The second kappa shape index (κ2) is 4.84. The first-order valence-corrected chi connectivity index (χ1v) is 3.94. The Balaban J connectivity index is 2.56. The van der Waals surface area contributed by atoms with E-state index in [-0.39, 0.29) is 0 Å². The van der Waals surface area contributed by atoms with Crippen LogP contribution in [0.5, 0.6) is 0 Å². The number of halogens is 2. The van der Waals surface area contributed by atoms with E-state index in [2.05, 4.69) is 10.3 Å². The molecular formula is C8H11F2N3. The fourth-order valence-corrected chi connectivity index (χ4v) is 0.891. The first-order chi connectivity index (χ1) is 6.24. The maximum atomic E-state index is 12.9. The minimum atomic E-state index is -0.805. The van der Waals surface area contributed by atoms with Crippen LogP contribution in [-0.4, -0.2) is 18.1 Å². The molecule has 0 bridgehead atoms. The third-order valence-electron chi connectivity index (χ3n) is 1.53. The average molecular weight is 187 g/mol. The molecule has 0 aliphatic heterocycles. The highest BCUT2D eigenvalue weighted by Crippen LogP contribution is 2.05. The minimum absolute atomic E-state index is 0.316. The molecule has 0 saturated carbocycles. The zero-order valence-electron chi connectivity index (χ0n) is 7.06. The monoisotopic (exact) mass is 187 g/mol. The topological polar surface area (TPSA) is 50.9 Å². The molecule has 1 aromatic rings. The fraction of sp³-hybridized carbons (Fsp3) is 0.375. The second-order valence-electron chi connectivity index (χ2n) is 2.56. The number of pyridine rings is 1. The zero-order valence-corrected chi connectivity index (χ0v) is 7.06. The van der Waals surface area contributed by atoms with Crippen LogP contribution in [0.15, 0.2) is 12.3 Å². The SMILES string of the molecule is NCCNCc1cnc(F)cc1F. The summed E-state index contributed by atoms with van der Waals surface area (Å²) in [5.74, 6) is -1.39. The zero-order chi connectivity index (χ0) is 9.68. The number of hydrogen-bond acceptors (Lipinski definition) is 3. The largest absolute Gasteiger partial charge is 0.329 e. The van der Waals surface area contributed by atoms with Gasteiger partial charge >= 0.3 is 0 Å². The van der Waals surface area contributed by atoms with Gasteiger partial charge in [-0.15, -0.1) is 0 Å². The molecule has 0 amide bonds. The Kier molecular flexibility index (Phi) is 3.72. The Morgan fingerprint density at radius 1 is 1.46 bits per heavy atom. The van der Waals surface area contributed by atoms with E-state index in [1.54, 1.807) is 0 Å². The lowest BCUT2D eigenvalue weighted by Gasteiger charge is -2.03. The van der Waals surface area contributed by atoms with Gasteiger partial charge in [0.05, 0.1) is 0 Å². The number of aromatic nitrogens is 1. The average Bonchev–Trinajstić information content (AvgIpc) is 2.09. The molecule has 0 fully saturated rings. The van der Waals surface area contributed by atoms with Crippen LogP contribution in [0.25, 0.3) is 0 Å². The standard InChI is InChI=1S/C8H11F2N3/c9-7-3-8(10)13-5-6(7)4-12-2-1-11/h3,5,12H,1-2,4,11H2. The highest BCUT2D eigenvalue weighted by atomic mass is 19.1. The Morgan fingerprint density at radius 2 is 2.23 bits per heavy atom. The quantitative estimate of drug-likeness (QED) is 0.530. The van der Waals surface area contributed by atoms with Crippen molar-refractivity contribution in [3.05, 3.63) is 29.6 Å². The minimum Gasteiger partial charge on any atom is -0.329 e. The summed E-state index contributed by atoms with van der Waals surface area (Å²) in [4.78, 5) is 3.34. The molecule has 3 nitrogen and oxygen atoms in total. The van der Waals surface area contributed by atoms with Gasteiger partial charge in [-0.3, -0.25) is 0 Å². The first kappa shape index (κ1) is 10.0. The third kappa shape index (κ3) is 3.04. The van der Waals surface area contributed by atoms with E-state index in [0.717, 1.165) is 6.07 Å². The van der Waals surface area contributed by atoms with Gasteiger partial charge < -0.3 is 11.1 Å². The van der Waals surface area contributed by atoms with Crippen LogP contribution in [0.2, 0.25) is 0 Å². The molecule has 0 aromatic carbocycles. The highest BCUT2D eigenvalue weighted by Gasteiger charge is 2.03. The van der Waals surface area contributed by atoms with Crippen LogP contribution < -0.4 is 11.1 Å². The van der Waals surface area contributed by atoms with Crippen LogP contribution in [0.1, 0.15) is 5.56 Å². The van der Waals surface area contributed by atoms with Crippen molar-refractivity contribution in [1.82, 2.24) is 10.3 Å². The van der Waals surface area contributed by atoms with Crippen molar-refractivity contribution in [2.24, 2.45) is 5.73 Å². The molecule has 72 valence electrons. The van der Waals surface area contributed by atoms with Gasteiger partial charge in [0.1, 0.15) is 5.82 Å². The van der Waals surface area contributed by atoms with Crippen LogP contribution >= 0.6 is 0 Å². The summed E-state index contributed by atoms with van der Waals surface area (Å²) in [6.07, 6.45) is 1.17. The highest BCUT2D eigenvalue weighted by molar-refractivity contribution is 5.11. The van der Waals surface area contributed by atoms with Crippen molar-refractivity contribution in [2.45, 2.75) is 6.54 Å². The van der Waals surface area contributed by atoms with E-state index in [0.29, 0.717) is 25.2 Å². The van der Waals surface area contributed by atoms with Gasteiger partial charge in [0.2, 0.25) is 5.95 Å². The number of hydrogen-bond donors (Lipinski definition) is 2. The van der Waals surface area contributed by atoms with E-state index in [4.69, 9.17) is 5.73 Å². The third-order valence-corrected chi connectivity index (χ3v) is 1.53. The van der Waals surface area contributed by atoms with Gasteiger partial charge in [-0.05, 0) is 0 Å². The van der Waals surface area contributed by atoms with Gasteiger partial charge in [-0.1, -0.05) is 0 Å². The summed E-state index contributed by atoms with van der Waals surface area (Å²) in [7, 11) is 0. The maximum Gasteiger partial charge on any atom is 0.215 e. The van der Waals surface area contributed by atoms with Crippen molar-refractivity contribution < 1.29 is 8.78 Å². The Bertz CT molecular complexity index is 278. The maximum absolute atomic E-state index is 12.9. The number of rotatable bonds is 4. The number of nitrogens with zero attached hydrogens (tertiary/aromatic N) is 1. The molecule has 1 aromatic heterocycles. The van der Waals surface area contributed by atoms with Crippen LogP contribution in [0, 0.1) is 11.8 Å². The normalized spacial score (nSPS) is 10.4. The van der Waals surface area contributed by atoms with E-state index in [1.165, 1.54) is 6.20 Å². The van der Waals surface area contributed by atoms with Crippen molar-refractivity contribution in [3.63, 3.8) is 0 Å². The Morgan fingerprint density at radius 3 is 2.85 bits per heavy atom. The van der Waals surface area contributed by atoms with Gasteiger partial charge in [0.25, 0.3) is 0 Å². The van der Waals surface area contributed by atoms with Crippen molar-refractivity contribution in [2.75, 3.05) is 13.1 Å². The molecule has 0 aliphatic carbocycles. The molecule has 0 unspecified atom stereocenters. The molecule has 0 atom stereocenters. The Hall–Kier alpha value is -1.07. The van der Waals surface area contributed by atoms with E-state index < -0.39 is 11.8 Å². The first-order valence-electron chi connectivity index (χ1n) is 3.94. The van der Waals surface area contributed by atoms with Crippen molar-refractivity contribution in [1.29, 1.82) is 0 Å². The lowest BCUT2D eigenvalue weighted by molar-refractivity contribution is 0.535. The summed E-state index contributed by atoms with van der Waals surface area (Å²) in [6.45, 7) is 1.39. The molecule has 5 heteroatoms. The molecule has 1 rings (SSSR count). The molecule has 0 radical (unpaired) electrons. The summed E-state index contributed by atoms with van der Waals surface area (Å²) in [6, 6.07) is 0.763. The molecule has 0 spiro atoms. The van der Waals surface area contributed by atoms with Crippen molar-refractivity contribution in [3.8, 4) is 0 Å². The summed E-state index contributed by atoms with van der Waals surface area (Å²) >= 11 is 0. The summed E-state index contributed by atoms with van der Waals surface area (Å²) in [5.41, 5.74) is 5.57. The van der Waals surface area contributed by atoms with E-state index in [1.807, 2.05) is 0 Å². The summed E-state index contributed by atoms with van der Waals surface area (Å²) < 4.78 is 25.3. The predicted molar refractivity (Wildman–Crippen MR) is 44.9 cm³/mol. The van der Waals surface area contributed by atoms with Gasteiger partial charge in [-0.2, -0.15) is 4.39 Å². The lowest BCUT2D eigenvalue weighted by Crippen LogP contribution is -2.22. The van der Waals surface area contributed by atoms with E-state index >= 15 is 0 Å². The van der Waals surface area contributed by atoms with Gasteiger partial charge in [0.15, 0.2) is 0 Å². The predicted octanol–water partition coefficient (Wildman–Crippen LogP) is 0.408. The molecule has 0 saturated heterocycles. The fourth-order valence-electron chi connectivity index (χ4n) is 0.891.